The minimum absolute atomic E-state index is 0.00788. The number of hydrogen-bond donors (Lipinski definition) is 1. The summed E-state index contributed by atoms with van der Waals surface area (Å²) in [7, 11) is 0. The molecular formula is C21H41NO2. The van der Waals surface area contributed by atoms with Crippen molar-refractivity contribution in [2.24, 2.45) is 0 Å². The number of carbonyl (C=O) groups excluding carboxylic acids is 1. The van der Waals surface area contributed by atoms with E-state index in [4.69, 9.17) is 10.1 Å². The standard InChI is InChI=1S/C21H41NO2/c1-3-4-5-6-7-8-9-10-11-12-13-14-15-16-17-18-19-24-21(23)20(2)22/h22H,3-19H2,1-2H3. The normalized spacial score (nSPS) is 10.8. The maximum absolute atomic E-state index is 11.1. The Morgan fingerprint density at radius 3 is 1.33 bits per heavy atom. The van der Waals surface area contributed by atoms with Gasteiger partial charge in [0.1, 0.15) is 5.71 Å². The first kappa shape index (κ1) is 23.1. The molecule has 0 amide bonds. The molecule has 1 N–H and O–H groups in total. The van der Waals surface area contributed by atoms with Crippen LogP contribution in [0.15, 0.2) is 0 Å². The molecule has 0 fully saturated rings. The molecule has 0 aliphatic heterocycles. The average molecular weight is 340 g/mol. The fraction of sp³-hybridized carbons (Fsp3) is 0.905. The second-order valence-electron chi connectivity index (χ2n) is 7.06. The summed E-state index contributed by atoms with van der Waals surface area (Å²) in [6.07, 6.45) is 21.5. The molecule has 0 atom stereocenters. The molecular weight excluding hydrogens is 298 g/mol. The van der Waals surface area contributed by atoms with Crippen LogP contribution in [0.5, 0.6) is 0 Å². The van der Waals surface area contributed by atoms with Crippen LogP contribution in [-0.4, -0.2) is 18.3 Å². The highest BCUT2D eigenvalue weighted by Crippen LogP contribution is 2.13. The molecule has 0 saturated heterocycles. The first-order valence-corrected chi connectivity index (χ1v) is 10.4. The van der Waals surface area contributed by atoms with Gasteiger partial charge in [0.2, 0.25) is 0 Å². The Morgan fingerprint density at radius 2 is 1.00 bits per heavy atom. The summed E-state index contributed by atoms with van der Waals surface area (Å²) >= 11 is 0. The second kappa shape index (κ2) is 18.5. The van der Waals surface area contributed by atoms with Gasteiger partial charge in [0.15, 0.2) is 0 Å². The summed E-state index contributed by atoms with van der Waals surface area (Å²) in [6, 6.07) is 0. The van der Waals surface area contributed by atoms with Crippen molar-refractivity contribution in [3.8, 4) is 0 Å². The Balaban J connectivity index is 3.05. The lowest BCUT2D eigenvalue weighted by atomic mass is 10.0. The Morgan fingerprint density at radius 1 is 0.667 bits per heavy atom. The minimum Gasteiger partial charge on any atom is -0.461 e. The van der Waals surface area contributed by atoms with Gasteiger partial charge in [-0.2, -0.15) is 0 Å². The number of hydrogen-bond acceptors (Lipinski definition) is 3. The van der Waals surface area contributed by atoms with Gasteiger partial charge in [-0.25, -0.2) is 4.79 Å². The number of ether oxygens (including phenoxy) is 1. The topological polar surface area (TPSA) is 50.2 Å². The highest BCUT2D eigenvalue weighted by molar-refractivity contribution is 6.33. The molecule has 0 aliphatic rings. The number of carbonyl (C=O) groups is 1. The Bertz CT molecular complexity index is 302. The number of unbranched alkanes of at least 4 members (excludes halogenated alkanes) is 15. The quantitative estimate of drug-likeness (QED) is 0.169. The van der Waals surface area contributed by atoms with Crippen LogP contribution in [0.25, 0.3) is 0 Å². The van der Waals surface area contributed by atoms with Crippen molar-refractivity contribution in [3.63, 3.8) is 0 Å². The van der Waals surface area contributed by atoms with E-state index in [1.807, 2.05) is 0 Å². The first-order chi connectivity index (χ1) is 11.7. The predicted molar refractivity (Wildman–Crippen MR) is 104 cm³/mol. The molecule has 0 unspecified atom stereocenters. The molecule has 0 spiro atoms. The van der Waals surface area contributed by atoms with Gasteiger partial charge in [0, 0.05) is 0 Å². The number of nitrogens with one attached hydrogen (secondary N) is 1. The van der Waals surface area contributed by atoms with Gasteiger partial charge >= 0.3 is 5.97 Å². The molecule has 3 nitrogen and oxygen atoms in total. The molecule has 0 bridgehead atoms. The SMILES string of the molecule is CCCCCCCCCCCCCCCCCCOC(=O)C(C)=N. The van der Waals surface area contributed by atoms with Crippen LogP contribution >= 0.6 is 0 Å². The zero-order valence-electron chi connectivity index (χ0n) is 16.3. The molecule has 0 radical (unpaired) electrons. The van der Waals surface area contributed by atoms with Gasteiger partial charge in [0.25, 0.3) is 0 Å². The molecule has 142 valence electrons. The highest BCUT2D eigenvalue weighted by atomic mass is 16.5. The van der Waals surface area contributed by atoms with Crippen molar-refractivity contribution in [2.45, 2.75) is 117 Å². The molecule has 0 rings (SSSR count). The van der Waals surface area contributed by atoms with E-state index in [1.54, 1.807) is 0 Å². The summed E-state index contributed by atoms with van der Waals surface area (Å²) < 4.78 is 4.96. The van der Waals surface area contributed by atoms with Crippen LogP contribution in [0.2, 0.25) is 0 Å². The van der Waals surface area contributed by atoms with Gasteiger partial charge in [-0.05, 0) is 13.3 Å². The maximum atomic E-state index is 11.1. The third-order valence-electron chi connectivity index (χ3n) is 4.54. The zero-order chi connectivity index (χ0) is 17.9. The molecule has 0 heterocycles. The van der Waals surface area contributed by atoms with Crippen LogP contribution in [0, 0.1) is 5.41 Å². The Hall–Kier alpha value is -0.860. The van der Waals surface area contributed by atoms with E-state index in [-0.39, 0.29) is 5.71 Å². The van der Waals surface area contributed by atoms with E-state index >= 15 is 0 Å². The number of esters is 1. The molecule has 0 aromatic carbocycles. The lowest BCUT2D eigenvalue weighted by molar-refractivity contribution is -0.135. The van der Waals surface area contributed by atoms with Gasteiger partial charge in [-0.3, -0.25) is 5.41 Å². The zero-order valence-corrected chi connectivity index (χ0v) is 16.3. The van der Waals surface area contributed by atoms with Crippen molar-refractivity contribution in [1.29, 1.82) is 5.41 Å². The second-order valence-corrected chi connectivity index (χ2v) is 7.06. The van der Waals surface area contributed by atoms with Crippen LogP contribution in [0.4, 0.5) is 0 Å². The van der Waals surface area contributed by atoms with E-state index in [0.29, 0.717) is 6.61 Å². The lowest BCUT2D eigenvalue weighted by Crippen LogP contribution is -2.13. The fourth-order valence-corrected chi connectivity index (χ4v) is 2.92. The molecule has 24 heavy (non-hydrogen) atoms. The summed E-state index contributed by atoms with van der Waals surface area (Å²) in [5, 5.41) is 7.12. The van der Waals surface area contributed by atoms with Crippen molar-refractivity contribution >= 4 is 11.7 Å². The summed E-state index contributed by atoms with van der Waals surface area (Å²) in [5.41, 5.74) is -0.00788. The Kier molecular flexibility index (Phi) is 17.8. The average Bonchev–Trinajstić information content (AvgIpc) is 2.57. The smallest absolute Gasteiger partial charge is 0.351 e. The fourth-order valence-electron chi connectivity index (χ4n) is 2.92. The minimum atomic E-state index is -0.476. The third-order valence-corrected chi connectivity index (χ3v) is 4.54. The van der Waals surface area contributed by atoms with Gasteiger partial charge in [-0.1, -0.05) is 103 Å². The van der Waals surface area contributed by atoms with Gasteiger partial charge < -0.3 is 4.74 Å². The summed E-state index contributed by atoms with van der Waals surface area (Å²) in [6.45, 7) is 4.21. The van der Waals surface area contributed by atoms with Gasteiger partial charge in [-0.15, -0.1) is 0 Å². The van der Waals surface area contributed by atoms with Crippen LogP contribution in [0.3, 0.4) is 0 Å². The molecule has 0 saturated carbocycles. The van der Waals surface area contributed by atoms with Crippen molar-refractivity contribution in [2.75, 3.05) is 6.61 Å². The maximum Gasteiger partial charge on any atom is 0.351 e. The first-order valence-electron chi connectivity index (χ1n) is 10.4. The summed E-state index contributed by atoms with van der Waals surface area (Å²) in [4.78, 5) is 11.1. The predicted octanol–water partition coefficient (Wildman–Crippen LogP) is 6.83. The van der Waals surface area contributed by atoms with Crippen molar-refractivity contribution in [3.05, 3.63) is 0 Å². The molecule has 0 aliphatic carbocycles. The van der Waals surface area contributed by atoms with Gasteiger partial charge in [0.05, 0.1) is 6.61 Å². The molecule has 0 aromatic heterocycles. The van der Waals surface area contributed by atoms with Crippen LogP contribution in [-0.2, 0) is 9.53 Å². The van der Waals surface area contributed by atoms with E-state index in [1.165, 1.54) is 96.8 Å². The van der Waals surface area contributed by atoms with E-state index in [9.17, 15) is 4.79 Å². The largest absolute Gasteiger partial charge is 0.461 e. The van der Waals surface area contributed by atoms with Crippen molar-refractivity contribution in [1.82, 2.24) is 0 Å². The van der Waals surface area contributed by atoms with Crippen LogP contribution in [0.1, 0.15) is 117 Å². The highest BCUT2D eigenvalue weighted by Gasteiger charge is 2.03. The Labute approximate surface area is 150 Å². The van der Waals surface area contributed by atoms with Crippen LogP contribution < -0.4 is 0 Å². The van der Waals surface area contributed by atoms with E-state index < -0.39 is 5.97 Å². The third kappa shape index (κ3) is 17.5. The van der Waals surface area contributed by atoms with E-state index in [2.05, 4.69) is 6.92 Å². The van der Waals surface area contributed by atoms with Crippen molar-refractivity contribution < 1.29 is 9.53 Å². The lowest BCUT2D eigenvalue weighted by Gasteiger charge is -2.04. The monoisotopic (exact) mass is 339 g/mol. The molecule has 0 aromatic rings. The number of rotatable bonds is 18. The molecule has 3 heteroatoms. The van der Waals surface area contributed by atoms with E-state index in [0.717, 1.165) is 12.8 Å². The summed E-state index contributed by atoms with van der Waals surface area (Å²) in [5.74, 6) is -0.476.